The minimum Gasteiger partial charge on any atom is -0.411 e. The molecule has 1 aromatic heterocycles. The highest BCUT2D eigenvalue weighted by molar-refractivity contribution is 5.81. The Morgan fingerprint density at radius 2 is 2.05 bits per heavy atom. The number of rotatable bonds is 4. The van der Waals surface area contributed by atoms with Crippen molar-refractivity contribution in [2.75, 3.05) is 11.9 Å². The van der Waals surface area contributed by atoms with Crippen LogP contribution >= 0.6 is 0 Å². The van der Waals surface area contributed by atoms with Crippen molar-refractivity contribution in [1.29, 1.82) is 0 Å². The summed E-state index contributed by atoms with van der Waals surface area (Å²) < 4.78 is 0. The predicted molar refractivity (Wildman–Crippen MR) is 76.9 cm³/mol. The number of hydrogen-bond donors (Lipinski definition) is 1. The molecule has 0 aliphatic heterocycles. The van der Waals surface area contributed by atoms with Gasteiger partial charge in [-0.1, -0.05) is 35.5 Å². The zero-order valence-corrected chi connectivity index (χ0v) is 11.1. The second-order valence-electron chi connectivity index (χ2n) is 4.49. The third-order valence-corrected chi connectivity index (χ3v) is 2.99. The van der Waals surface area contributed by atoms with E-state index in [-0.39, 0.29) is 0 Å². The van der Waals surface area contributed by atoms with Crippen molar-refractivity contribution in [2.24, 2.45) is 5.16 Å². The quantitative estimate of drug-likeness (QED) is 0.519. The molecule has 98 valence electrons. The first-order chi connectivity index (χ1) is 9.20. The molecule has 2 aromatic rings. The molecule has 19 heavy (non-hydrogen) atoms. The van der Waals surface area contributed by atoms with Crippen LogP contribution in [-0.2, 0) is 6.54 Å². The van der Waals surface area contributed by atoms with E-state index >= 15 is 0 Å². The highest BCUT2D eigenvalue weighted by Crippen LogP contribution is 2.16. The lowest BCUT2D eigenvalue weighted by molar-refractivity contribution is 0.322. The molecule has 0 saturated heterocycles. The SMILES string of the molecule is Cc1cc(N(C)Cc2ccccc2)ncc1/C=N/O. The van der Waals surface area contributed by atoms with Crippen molar-refractivity contribution < 1.29 is 5.21 Å². The molecule has 0 aliphatic carbocycles. The fraction of sp³-hybridized carbons (Fsp3) is 0.200. The lowest BCUT2D eigenvalue weighted by Gasteiger charge is -2.19. The molecule has 0 atom stereocenters. The summed E-state index contributed by atoms with van der Waals surface area (Å²) in [6.45, 7) is 2.78. The minimum absolute atomic E-state index is 0.806. The molecule has 4 heteroatoms. The smallest absolute Gasteiger partial charge is 0.128 e. The van der Waals surface area contributed by atoms with Gasteiger partial charge in [0.05, 0.1) is 6.21 Å². The fourth-order valence-corrected chi connectivity index (χ4v) is 1.90. The van der Waals surface area contributed by atoms with Gasteiger partial charge in [-0.05, 0) is 24.1 Å². The summed E-state index contributed by atoms with van der Waals surface area (Å²) in [4.78, 5) is 6.46. The van der Waals surface area contributed by atoms with Crippen LogP contribution in [0.3, 0.4) is 0 Å². The molecule has 0 bridgehead atoms. The molecule has 0 fully saturated rings. The Kier molecular flexibility index (Phi) is 4.13. The van der Waals surface area contributed by atoms with Crippen molar-refractivity contribution in [3.8, 4) is 0 Å². The number of pyridine rings is 1. The van der Waals surface area contributed by atoms with E-state index in [1.54, 1.807) is 6.20 Å². The van der Waals surface area contributed by atoms with Gasteiger partial charge in [-0.2, -0.15) is 0 Å². The molecule has 0 saturated carbocycles. The number of nitrogens with zero attached hydrogens (tertiary/aromatic N) is 3. The second kappa shape index (κ2) is 6.00. The monoisotopic (exact) mass is 255 g/mol. The summed E-state index contributed by atoms with van der Waals surface area (Å²) in [5.41, 5.74) is 3.09. The van der Waals surface area contributed by atoms with E-state index in [2.05, 4.69) is 27.2 Å². The molecule has 0 aliphatic rings. The van der Waals surface area contributed by atoms with Gasteiger partial charge < -0.3 is 10.1 Å². The Bertz CT molecular complexity index is 567. The summed E-state index contributed by atoms with van der Waals surface area (Å²) >= 11 is 0. The van der Waals surface area contributed by atoms with Gasteiger partial charge in [0.25, 0.3) is 0 Å². The molecule has 0 unspecified atom stereocenters. The van der Waals surface area contributed by atoms with Crippen LogP contribution in [0, 0.1) is 6.92 Å². The third kappa shape index (κ3) is 3.31. The summed E-state index contributed by atoms with van der Waals surface area (Å²) in [6, 6.07) is 12.2. The number of benzene rings is 1. The van der Waals surface area contributed by atoms with Crippen LogP contribution in [0.1, 0.15) is 16.7 Å². The van der Waals surface area contributed by atoms with Crippen molar-refractivity contribution in [3.05, 3.63) is 59.3 Å². The summed E-state index contributed by atoms with van der Waals surface area (Å²) in [7, 11) is 2.01. The summed E-state index contributed by atoms with van der Waals surface area (Å²) in [6.07, 6.45) is 3.11. The number of oxime groups is 1. The van der Waals surface area contributed by atoms with Gasteiger partial charge in [-0.15, -0.1) is 0 Å². The van der Waals surface area contributed by atoms with E-state index in [1.807, 2.05) is 38.2 Å². The van der Waals surface area contributed by atoms with Gasteiger partial charge in [0.2, 0.25) is 0 Å². The van der Waals surface area contributed by atoms with Crippen LogP contribution in [0.15, 0.2) is 47.8 Å². The molecule has 1 aromatic carbocycles. The molecule has 1 N–H and O–H groups in total. The lowest BCUT2D eigenvalue weighted by Crippen LogP contribution is -2.17. The first kappa shape index (κ1) is 13.1. The maximum Gasteiger partial charge on any atom is 0.128 e. The van der Waals surface area contributed by atoms with E-state index in [1.165, 1.54) is 11.8 Å². The van der Waals surface area contributed by atoms with E-state index in [9.17, 15) is 0 Å². The lowest BCUT2D eigenvalue weighted by atomic mass is 10.1. The van der Waals surface area contributed by atoms with Gasteiger partial charge in [0.1, 0.15) is 5.82 Å². The van der Waals surface area contributed by atoms with Crippen LogP contribution in [0.5, 0.6) is 0 Å². The van der Waals surface area contributed by atoms with Crippen molar-refractivity contribution >= 4 is 12.0 Å². The van der Waals surface area contributed by atoms with Crippen LogP contribution in [-0.4, -0.2) is 23.5 Å². The Morgan fingerprint density at radius 3 is 2.68 bits per heavy atom. The van der Waals surface area contributed by atoms with Crippen molar-refractivity contribution in [3.63, 3.8) is 0 Å². The zero-order valence-electron chi connectivity index (χ0n) is 11.1. The molecule has 4 nitrogen and oxygen atoms in total. The van der Waals surface area contributed by atoms with Crippen LogP contribution in [0.4, 0.5) is 5.82 Å². The Morgan fingerprint density at radius 1 is 1.32 bits per heavy atom. The average Bonchev–Trinajstić information content (AvgIpc) is 2.42. The topological polar surface area (TPSA) is 48.7 Å². The fourth-order valence-electron chi connectivity index (χ4n) is 1.90. The first-order valence-electron chi connectivity index (χ1n) is 6.10. The predicted octanol–water partition coefficient (Wildman–Crippen LogP) is 2.83. The van der Waals surface area contributed by atoms with Crippen LogP contribution < -0.4 is 4.90 Å². The van der Waals surface area contributed by atoms with Gasteiger partial charge in [-0.25, -0.2) is 4.98 Å². The average molecular weight is 255 g/mol. The van der Waals surface area contributed by atoms with Crippen molar-refractivity contribution in [1.82, 2.24) is 4.98 Å². The first-order valence-corrected chi connectivity index (χ1v) is 6.10. The summed E-state index contributed by atoms with van der Waals surface area (Å²) in [5, 5.41) is 11.6. The minimum atomic E-state index is 0.806. The van der Waals surface area contributed by atoms with Gasteiger partial charge >= 0.3 is 0 Å². The molecular formula is C15H17N3O. The molecular weight excluding hydrogens is 238 g/mol. The zero-order chi connectivity index (χ0) is 13.7. The van der Waals surface area contributed by atoms with Gasteiger partial charge in [0.15, 0.2) is 0 Å². The van der Waals surface area contributed by atoms with Gasteiger partial charge in [0, 0.05) is 25.4 Å². The third-order valence-electron chi connectivity index (χ3n) is 2.99. The Balaban J connectivity index is 2.15. The normalized spacial score (nSPS) is 10.8. The Labute approximate surface area is 113 Å². The van der Waals surface area contributed by atoms with Crippen LogP contribution in [0.25, 0.3) is 0 Å². The van der Waals surface area contributed by atoms with E-state index in [4.69, 9.17) is 5.21 Å². The van der Waals surface area contributed by atoms with E-state index in [0.29, 0.717) is 0 Å². The Hall–Kier alpha value is -2.36. The number of aryl methyl sites for hydroxylation is 1. The summed E-state index contributed by atoms with van der Waals surface area (Å²) in [5.74, 6) is 0.899. The standard InChI is InChI=1S/C15H17N3O/c1-12-8-15(16-9-14(12)10-17-19)18(2)11-13-6-4-3-5-7-13/h3-10,19H,11H2,1-2H3/b17-10+. The van der Waals surface area contributed by atoms with Crippen LogP contribution in [0.2, 0.25) is 0 Å². The molecule has 0 spiro atoms. The number of hydrogen-bond acceptors (Lipinski definition) is 4. The molecule has 1 heterocycles. The van der Waals surface area contributed by atoms with Gasteiger partial charge in [-0.3, -0.25) is 0 Å². The molecule has 0 amide bonds. The maximum atomic E-state index is 8.55. The van der Waals surface area contributed by atoms with E-state index in [0.717, 1.165) is 23.5 Å². The largest absolute Gasteiger partial charge is 0.411 e. The highest BCUT2D eigenvalue weighted by atomic mass is 16.4. The second-order valence-corrected chi connectivity index (χ2v) is 4.49. The van der Waals surface area contributed by atoms with Crippen molar-refractivity contribution in [2.45, 2.75) is 13.5 Å². The number of anilines is 1. The molecule has 2 rings (SSSR count). The number of aromatic nitrogens is 1. The van der Waals surface area contributed by atoms with E-state index < -0.39 is 0 Å². The maximum absolute atomic E-state index is 8.55. The molecule has 0 radical (unpaired) electrons. The highest BCUT2D eigenvalue weighted by Gasteiger charge is 2.05.